The highest BCUT2D eigenvalue weighted by Crippen LogP contribution is 2.46. The molecule has 1 aromatic carbocycles. The summed E-state index contributed by atoms with van der Waals surface area (Å²) in [6.45, 7) is 1.66. The lowest BCUT2D eigenvalue weighted by molar-refractivity contribution is -0.117. The quantitative estimate of drug-likeness (QED) is 0.550. The molecule has 0 bridgehead atoms. The van der Waals surface area contributed by atoms with Gasteiger partial charge in [-0.1, -0.05) is 5.16 Å². The summed E-state index contributed by atoms with van der Waals surface area (Å²) in [7, 11) is 4.35. The summed E-state index contributed by atoms with van der Waals surface area (Å²) in [6.07, 6.45) is 1.33. The number of nitrogens with zero attached hydrogens (tertiary/aromatic N) is 2. The van der Waals surface area contributed by atoms with Gasteiger partial charge in [0, 0.05) is 6.07 Å². The Morgan fingerprint density at radius 3 is 2.31 bits per heavy atom. The fraction of sp³-hybridized carbons (Fsp3) is 0.227. The number of amides is 1. The lowest BCUT2D eigenvalue weighted by Gasteiger charge is -2.25. The molecule has 3 aromatic rings. The molecule has 0 fully saturated rings. The Balaban J connectivity index is 1.95. The van der Waals surface area contributed by atoms with Crippen molar-refractivity contribution in [3.05, 3.63) is 65.0 Å². The van der Waals surface area contributed by atoms with E-state index >= 15 is 0 Å². The van der Waals surface area contributed by atoms with Gasteiger partial charge in [-0.15, -0.1) is 0 Å². The van der Waals surface area contributed by atoms with E-state index in [1.54, 1.807) is 19.1 Å². The number of aryl methyl sites for hydroxylation is 1. The molecule has 1 N–H and O–H groups in total. The molecule has 1 aliphatic rings. The minimum atomic E-state index is -1.07. The zero-order chi connectivity index (χ0) is 23.0. The van der Waals surface area contributed by atoms with Crippen LogP contribution in [-0.2, 0) is 4.79 Å². The minimum absolute atomic E-state index is 0.0324. The minimum Gasteiger partial charge on any atom is -0.503 e. The molecule has 0 radical (unpaired) electrons. The Morgan fingerprint density at radius 1 is 1.12 bits per heavy atom. The van der Waals surface area contributed by atoms with Gasteiger partial charge in [0.25, 0.3) is 5.91 Å². The van der Waals surface area contributed by atoms with Gasteiger partial charge < -0.3 is 28.3 Å². The van der Waals surface area contributed by atoms with Crippen LogP contribution >= 0.6 is 0 Å². The molecule has 10 heteroatoms. The number of aromatic nitrogens is 1. The summed E-state index contributed by atoms with van der Waals surface area (Å²) in [4.78, 5) is 27.5. The van der Waals surface area contributed by atoms with Gasteiger partial charge >= 0.3 is 0 Å². The third-order valence-electron chi connectivity index (χ3n) is 5.06. The van der Waals surface area contributed by atoms with Crippen LogP contribution in [-0.4, -0.2) is 43.3 Å². The Bertz CT molecular complexity index is 1180. The van der Waals surface area contributed by atoms with Crippen molar-refractivity contribution < 1.29 is 37.8 Å². The highest BCUT2D eigenvalue weighted by molar-refractivity contribution is 6.20. The molecule has 166 valence electrons. The summed E-state index contributed by atoms with van der Waals surface area (Å²) >= 11 is 0. The van der Waals surface area contributed by atoms with E-state index in [0.29, 0.717) is 28.6 Å². The summed E-state index contributed by atoms with van der Waals surface area (Å²) in [5, 5.41) is 14.6. The topological polar surface area (TPSA) is 124 Å². The van der Waals surface area contributed by atoms with E-state index in [0.717, 1.165) is 0 Å². The number of hydrogen-bond donors (Lipinski definition) is 1. The standard InChI is InChI=1S/C22H20N2O8/c1-11-8-16(23-32-11)24-18(12-9-14(28-2)21(30-4)15(10-12)29-3)17(20(26)22(24)27)19(25)13-6-5-7-31-13/h5-10,18,26H,1-4H3/t18-/m0/s1. The van der Waals surface area contributed by atoms with Crippen LogP contribution in [0.25, 0.3) is 0 Å². The second-order valence-electron chi connectivity index (χ2n) is 6.90. The molecule has 0 unspecified atom stereocenters. The lowest BCUT2D eigenvalue weighted by atomic mass is 9.94. The maximum absolute atomic E-state index is 13.2. The summed E-state index contributed by atoms with van der Waals surface area (Å²) in [6, 6.07) is 6.62. The van der Waals surface area contributed by atoms with Gasteiger partial charge in [-0.05, 0) is 36.8 Å². The van der Waals surface area contributed by atoms with Crippen molar-refractivity contribution in [2.24, 2.45) is 0 Å². The molecule has 10 nitrogen and oxygen atoms in total. The van der Waals surface area contributed by atoms with Crippen molar-refractivity contribution in [3.63, 3.8) is 0 Å². The zero-order valence-corrected chi connectivity index (χ0v) is 17.7. The van der Waals surface area contributed by atoms with Gasteiger partial charge in [0.2, 0.25) is 11.5 Å². The van der Waals surface area contributed by atoms with Crippen LogP contribution < -0.4 is 19.1 Å². The van der Waals surface area contributed by atoms with Crippen molar-refractivity contribution in [1.82, 2.24) is 5.16 Å². The summed E-state index contributed by atoms with van der Waals surface area (Å²) < 4.78 is 26.5. The van der Waals surface area contributed by atoms with E-state index in [2.05, 4.69) is 5.16 Å². The van der Waals surface area contributed by atoms with Gasteiger partial charge in [-0.3, -0.25) is 14.5 Å². The maximum atomic E-state index is 13.2. The molecular formula is C22H20N2O8. The molecule has 0 aliphatic carbocycles. The van der Waals surface area contributed by atoms with E-state index in [1.165, 1.54) is 50.7 Å². The fourth-order valence-corrected chi connectivity index (χ4v) is 3.66. The number of carbonyl (C=O) groups is 2. The van der Waals surface area contributed by atoms with Gasteiger partial charge in [0.05, 0.1) is 39.2 Å². The van der Waals surface area contributed by atoms with Crippen LogP contribution in [0.5, 0.6) is 17.2 Å². The van der Waals surface area contributed by atoms with Crippen molar-refractivity contribution in [1.29, 1.82) is 0 Å². The first-order chi connectivity index (χ1) is 15.4. The molecular weight excluding hydrogens is 420 g/mol. The Kier molecular flexibility index (Phi) is 5.35. The third kappa shape index (κ3) is 3.25. The number of methoxy groups -OCH3 is 3. The van der Waals surface area contributed by atoms with Crippen LogP contribution in [0.4, 0.5) is 5.82 Å². The van der Waals surface area contributed by atoms with E-state index < -0.39 is 23.5 Å². The lowest BCUT2D eigenvalue weighted by Crippen LogP contribution is -2.31. The van der Waals surface area contributed by atoms with Crippen LogP contribution in [0.2, 0.25) is 0 Å². The maximum Gasteiger partial charge on any atom is 0.295 e. The largest absolute Gasteiger partial charge is 0.503 e. The zero-order valence-electron chi connectivity index (χ0n) is 17.7. The summed E-state index contributed by atoms with van der Waals surface area (Å²) in [5.74, 6) is -0.695. The molecule has 1 amide bonds. The third-order valence-corrected chi connectivity index (χ3v) is 5.06. The Morgan fingerprint density at radius 2 is 1.81 bits per heavy atom. The second-order valence-corrected chi connectivity index (χ2v) is 6.90. The number of benzene rings is 1. The van der Waals surface area contributed by atoms with Crippen molar-refractivity contribution >= 4 is 17.5 Å². The first-order valence-electron chi connectivity index (χ1n) is 9.49. The molecule has 32 heavy (non-hydrogen) atoms. The Hall–Kier alpha value is -4.21. The highest BCUT2D eigenvalue weighted by Gasteiger charge is 2.47. The molecule has 0 saturated heterocycles. The molecule has 4 rings (SSSR count). The van der Waals surface area contributed by atoms with E-state index in [-0.39, 0.29) is 17.2 Å². The number of aliphatic hydroxyl groups is 1. The molecule has 1 aliphatic heterocycles. The number of carbonyl (C=O) groups excluding carboxylic acids is 2. The molecule has 1 atom stereocenters. The molecule has 2 aromatic heterocycles. The van der Waals surface area contributed by atoms with Crippen LogP contribution in [0.3, 0.4) is 0 Å². The average Bonchev–Trinajstić information content (AvgIpc) is 3.53. The predicted molar refractivity (Wildman–Crippen MR) is 110 cm³/mol. The van der Waals surface area contributed by atoms with Crippen molar-refractivity contribution in [2.45, 2.75) is 13.0 Å². The second kappa shape index (κ2) is 8.14. The monoisotopic (exact) mass is 440 g/mol. The predicted octanol–water partition coefficient (Wildman–Crippen LogP) is 3.38. The number of rotatable bonds is 7. The number of aliphatic hydroxyl groups excluding tert-OH is 1. The summed E-state index contributed by atoms with van der Waals surface area (Å²) in [5.41, 5.74) is 0.229. The van der Waals surface area contributed by atoms with Gasteiger partial charge in [-0.25, -0.2) is 0 Å². The fourth-order valence-electron chi connectivity index (χ4n) is 3.66. The smallest absolute Gasteiger partial charge is 0.295 e. The van der Waals surface area contributed by atoms with E-state index in [1.807, 2.05) is 0 Å². The first-order valence-corrected chi connectivity index (χ1v) is 9.49. The highest BCUT2D eigenvalue weighted by atomic mass is 16.5. The van der Waals surface area contributed by atoms with Crippen molar-refractivity contribution in [2.75, 3.05) is 26.2 Å². The number of Topliss-reactive ketones (excluding diaryl/α,β-unsaturated/α-hetero) is 1. The van der Waals surface area contributed by atoms with Gasteiger partial charge in [0.15, 0.2) is 28.8 Å². The molecule has 3 heterocycles. The van der Waals surface area contributed by atoms with E-state index in [4.69, 9.17) is 23.2 Å². The number of furan rings is 1. The van der Waals surface area contributed by atoms with Crippen LogP contribution in [0.15, 0.2) is 56.9 Å². The first kappa shape index (κ1) is 21.0. The number of hydrogen-bond acceptors (Lipinski definition) is 9. The Labute approximate surface area is 182 Å². The van der Waals surface area contributed by atoms with E-state index in [9.17, 15) is 14.7 Å². The molecule has 0 spiro atoms. The SMILES string of the molecule is COc1cc([C@H]2C(C(=O)c3ccco3)=C(O)C(=O)N2c2cc(C)on2)cc(OC)c1OC. The van der Waals surface area contributed by atoms with Gasteiger partial charge in [0.1, 0.15) is 5.76 Å². The van der Waals surface area contributed by atoms with Crippen molar-refractivity contribution in [3.8, 4) is 17.2 Å². The molecule has 0 saturated carbocycles. The number of ketones is 1. The van der Waals surface area contributed by atoms with Crippen LogP contribution in [0, 0.1) is 6.92 Å². The number of anilines is 1. The average molecular weight is 440 g/mol. The number of ether oxygens (including phenoxy) is 3. The van der Waals surface area contributed by atoms with Gasteiger partial charge in [-0.2, -0.15) is 0 Å². The normalized spacial score (nSPS) is 15.9. The van der Waals surface area contributed by atoms with Crippen LogP contribution in [0.1, 0.15) is 27.9 Å².